The SMILES string of the molecule is C=CCOc1ccccc1C(=O)N1CC(OC)CC1CC(=O)O. The molecular formula is C17H21NO5. The van der Waals surface area contributed by atoms with Gasteiger partial charge in [0.15, 0.2) is 0 Å². The van der Waals surface area contributed by atoms with Crippen molar-refractivity contribution in [2.75, 3.05) is 20.3 Å². The molecule has 6 heteroatoms. The number of carboxylic acid groups (broad SMARTS) is 1. The zero-order valence-corrected chi connectivity index (χ0v) is 13.1. The van der Waals surface area contributed by atoms with Crippen LogP contribution in [0, 0.1) is 0 Å². The van der Waals surface area contributed by atoms with Gasteiger partial charge in [-0.15, -0.1) is 0 Å². The van der Waals surface area contributed by atoms with Crippen LogP contribution in [-0.4, -0.2) is 54.3 Å². The molecule has 1 saturated heterocycles. The first-order valence-electron chi connectivity index (χ1n) is 7.45. The van der Waals surface area contributed by atoms with E-state index in [2.05, 4.69) is 6.58 Å². The van der Waals surface area contributed by atoms with Gasteiger partial charge in [0.2, 0.25) is 0 Å². The summed E-state index contributed by atoms with van der Waals surface area (Å²) in [4.78, 5) is 25.5. The lowest BCUT2D eigenvalue weighted by Gasteiger charge is -2.24. The topological polar surface area (TPSA) is 76.1 Å². The maximum Gasteiger partial charge on any atom is 0.305 e. The lowest BCUT2D eigenvalue weighted by Crippen LogP contribution is -2.37. The number of ether oxygens (including phenoxy) is 2. The Bertz CT molecular complexity index is 586. The number of carbonyl (C=O) groups excluding carboxylic acids is 1. The van der Waals surface area contributed by atoms with Crippen LogP contribution in [0.5, 0.6) is 5.75 Å². The lowest BCUT2D eigenvalue weighted by molar-refractivity contribution is -0.137. The highest BCUT2D eigenvalue weighted by Crippen LogP contribution is 2.28. The van der Waals surface area contributed by atoms with Crippen molar-refractivity contribution in [3.8, 4) is 5.75 Å². The van der Waals surface area contributed by atoms with Gasteiger partial charge in [0.1, 0.15) is 12.4 Å². The lowest BCUT2D eigenvalue weighted by atomic mass is 10.1. The van der Waals surface area contributed by atoms with Gasteiger partial charge in [0.25, 0.3) is 5.91 Å². The number of carboxylic acids is 1. The molecule has 0 spiro atoms. The van der Waals surface area contributed by atoms with Crippen LogP contribution in [-0.2, 0) is 9.53 Å². The molecule has 0 aromatic heterocycles. The Hall–Kier alpha value is -2.34. The Labute approximate surface area is 135 Å². The van der Waals surface area contributed by atoms with E-state index in [9.17, 15) is 9.59 Å². The average molecular weight is 319 g/mol. The average Bonchev–Trinajstić information content (AvgIpc) is 2.94. The third-order valence-corrected chi connectivity index (χ3v) is 3.85. The zero-order chi connectivity index (χ0) is 16.8. The van der Waals surface area contributed by atoms with E-state index < -0.39 is 5.97 Å². The largest absolute Gasteiger partial charge is 0.489 e. The molecule has 0 bridgehead atoms. The highest BCUT2D eigenvalue weighted by molar-refractivity contribution is 5.97. The number of para-hydroxylation sites is 1. The highest BCUT2D eigenvalue weighted by Gasteiger charge is 2.37. The van der Waals surface area contributed by atoms with Crippen molar-refractivity contribution < 1.29 is 24.2 Å². The van der Waals surface area contributed by atoms with Gasteiger partial charge >= 0.3 is 5.97 Å². The van der Waals surface area contributed by atoms with Gasteiger partial charge in [-0.05, 0) is 18.6 Å². The molecule has 124 valence electrons. The van der Waals surface area contributed by atoms with Crippen molar-refractivity contribution in [3.05, 3.63) is 42.5 Å². The fraction of sp³-hybridized carbons (Fsp3) is 0.412. The summed E-state index contributed by atoms with van der Waals surface area (Å²) in [5.41, 5.74) is 0.418. The summed E-state index contributed by atoms with van der Waals surface area (Å²) in [6.07, 6.45) is 1.88. The predicted octanol–water partition coefficient (Wildman–Crippen LogP) is 1.96. The van der Waals surface area contributed by atoms with Gasteiger partial charge in [-0.25, -0.2) is 0 Å². The Morgan fingerprint density at radius 1 is 1.43 bits per heavy atom. The van der Waals surface area contributed by atoms with Gasteiger partial charge in [-0.3, -0.25) is 9.59 Å². The van der Waals surface area contributed by atoms with E-state index in [0.29, 0.717) is 30.9 Å². The molecule has 2 atom stereocenters. The minimum atomic E-state index is -0.930. The normalized spacial score (nSPS) is 20.3. The van der Waals surface area contributed by atoms with Crippen LogP contribution in [0.1, 0.15) is 23.2 Å². The highest BCUT2D eigenvalue weighted by atomic mass is 16.5. The molecule has 1 heterocycles. The van der Waals surface area contributed by atoms with Crippen molar-refractivity contribution in [3.63, 3.8) is 0 Å². The van der Waals surface area contributed by atoms with E-state index in [1.165, 1.54) is 0 Å². The van der Waals surface area contributed by atoms with Gasteiger partial charge in [-0.1, -0.05) is 24.8 Å². The molecule has 1 N–H and O–H groups in total. The van der Waals surface area contributed by atoms with E-state index in [0.717, 1.165) is 0 Å². The number of nitrogens with zero attached hydrogens (tertiary/aromatic N) is 1. The smallest absolute Gasteiger partial charge is 0.305 e. The van der Waals surface area contributed by atoms with Crippen LogP contribution in [0.25, 0.3) is 0 Å². The maximum atomic E-state index is 12.9. The van der Waals surface area contributed by atoms with Gasteiger partial charge in [-0.2, -0.15) is 0 Å². The van der Waals surface area contributed by atoms with Gasteiger partial charge in [0.05, 0.1) is 18.1 Å². The molecule has 23 heavy (non-hydrogen) atoms. The summed E-state index contributed by atoms with van der Waals surface area (Å²) in [6.45, 7) is 4.26. The summed E-state index contributed by atoms with van der Waals surface area (Å²) in [5, 5.41) is 9.06. The molecule has 1 aliphatic heterocycles. The van der Waals surface area contributed by atoms with Crippen molar-refractivity contribution in [1.82, 2.24) is 4.90 Å². The fourth-order valence-electron chi connectivity index (χ4n) is 2.76. The van der Waals surface area contributed by atoms with Crippen molar-refractivity contribution in [1.29, 1.82) is 0 Å². The Kier molecular flexibility index (Phi) is 5.76. The molecule has 1 aliphatic rings. The number of benzene rings is 1. The van der Waals surface area contributed by atoms with Crippen LogP contribution in [0.3, 0.4) is 0 Å². The molecule has 6 nitrogen and oxygen atoms in total. The van der Waals surface area contributed by atoms with E-state index in [-0.39, 0.29) is 24.5 Å². The molecule has 1 fully saturated rings. The number of hydrogen-bond donors (Lipinski definition) is 1. The third-order valence-electron chi connectivity index (χ3n) is 3.85. The second-order valence-corrected chi connectivity index (χ2v) is 5.40. The van der Waals surface area contributed by atoms with Crippen LogP contribution in [0.2, 0.25) is 0 Å². The summed E-state index contributed by atoms with van der Waals surface area (Å²) in [7, 11) is 1.57. The van der Waals surface area contributed by atoms with E-state index in [4.69, 9.17) is 14.6 Å². The Balaban J connectivity index is 2.23. The summed E-state index contributed by atoms with van der Waals surface area (Å²) >= 11 is 0. The van der Waals surface area contributed by atoms with Crippen molar-refractivity contribution in [2.45, 2.75) is 25.0 Å². The maximum absolute atomic E-state index is 12.9. The molecule has 2 unspecified atom stereocenters. The molecule has 0 saturated carbocycles. The molecule has 0 aliphatic carbocycles. The van der Waals surface area contributed by atoms with Gasteiger partial charge in [0, 0.05) is 19.7 Å². The molecular weight excluding hydrogens is 298 g/mol. The number of amides is 1. The summed E-state index contributed by atoms with van der Waals surface area (Å²) in [6, 6.07) is 6.55. The Morgan fingerprint density at radius 3 is 2.83 bits per heavy atom. The molecule has 1 amide bonds. The molecule has 1 aromatic carbocycles. The second-order valence-electron chi connectivity index (χ2n) is 5.40. The van der Waals surface area contributed by atoms with E-state index >= 15 is 0 Å². The number of rotatable bonds is 7. The monoisotopic (exact) mass is 319 g/mol. The van der Waals surface area contributed by atoms with Crippen LogP contribution in [0.15, 0.2) is 36.9 Å². The van der Waals surface area contributed by atoms with E-state index in [1.807, 2.05) is 0 Å². The standard InChI is InChI=1S/C17H21NO5/c1-3-8-23-15-7-5-4-6-14(15)17(21)18-11-13(22-2)9-12(18)10-16(19)20/h3-7,12-13H,1,8-11H2,2H3,(H,19,20). The minimum Gasteiger partial charge on any atom is -0.489 e. The molecule has 0 radical (unpaired) electrons. The van der Waals surface area contributed by atoms with Gasteiger partial charge < -0.3 is 19.5 Å². The van der Waals surface area contributed by atoms with Crippen LogP contribution < -0.4 is 4.74 Å². The summed E-state index contributed by atoms with van der Waals surface area (Å²) < 4.78 is 10.8. The van der Waals surface area contributed by atoms with Crippen LogP contribution in [0.4, 0.5) is 0 Å². The zero-order valence-electron chi connectivity index (χ0n) is 13.1. The number of aliphatic carboxylic acids is 1. The fourth-order valence-corrected chi connectivity index (χ4v) is 2.76. The second kappa shape index (κ2) is 7.78. The quantitative estimate of drug-likeness (QED) is 0.778. The number of likely N-dealkylation sites (tertiary alicyclic amines) is 1. The predicted molar refractivity (Wildman–Crippen MR) is 84.6 cm³/mol. The Morgan fingerprint density at radius 2 is 2.17 bits per heavy atom. The molecule has 2 rings (SSSR count). The van der Waals surface area contributed by atoms with Crippen molar-refractivity contribution in [2.24, 2.45) is 0 Å². The third kappa shape index (κ3) is 4.10. The number of hydrogen-bond acceptors (Lipinski definition) is 4. The van der Waals surface area contributed by atoms with E-state index in [1.54, 1.807) is 42.4 Å². The first kappa shape index (κ1) is 17.0. The first-order chi connectivity index (χ1) is 11.1. The van der Waals surface area contributed by atoms with Crippen LogP contribution >= 0.6 is 0 Å². The number of carbonyl (C=O) groups is 2. The first-order valence-corrected chi connectivity index (χ1v) is 7.45. The molecule has 1 aromatic rings. The van der Waals surface area contributed by atoms with Crippen molar-refractivity contribution >= 4 is 11.9 Å². The summed E-state index contributed by atoms with van der Waals surface area (Å²) in [5.74, 6) is -0.705. The minimum absolute atomic E-state index is 0.0960. The number of methoxy groups -OCH3 is 1.